The lowest BCUT2D eigenvalue weighted by Gasteiger charge is -2.14. The van der Waals surface area contributed by atoms with Crippen LogP contribution < -0.4 is 9.30 Å². The number of benzene rings is 1. The molecular weight excluding hydrogens is 234 g/mol. The maximum atomic E-state index is 4.87. The molecule has 1 aromatic carbocycles. The Labute approximate surface area is 112 Å². The van der Waals surface area contributed by atoms with Crippen molar-refractivity contribution in [3.8, 4) is 0 Å². The molecule has 4 rings (SSSR count). The molecule has 0 spiro atoms. The molecule has 0 atom stereocenters. The minimum Gasteiger partial charge on any atom is -0.335 e. The molecule has 3 heteroatoms. The fourth-order valence-electron chi connectivity index (χ4n) is 2.94. The number of nitrogens with zero attached hydrogens (tertiary/aromatic N) is 3. The van der Waals surface area contributed by atoms with Crippen molar-refractivity contribution in [3.63, 3.8) is 0 Å². The van der Waals surface area contributed by atoms with Crippen LogP contribution in [-0.2, 0) is 0 Å². The minimum atomic E-state index is 1.02. The molecule has 1 aliphatic rings. The second-order valence-electron chi connectivity index (χ2n) is 5.08. The number of anilines is 1. The lowest BCUT2D eigenvalue weighted by Crippen LogP contribution is -2.27. The van der Waals surface area contributed by atoms with Gasteiger partial charge in [-0.15, -0.1) is 0 Å². The highest BCUT2D eigenvalue weighted by Crippen LogP contribution is 2.26. The average Bonchev–Trinajstić information content (AvgIpc) is 3.00. The van der Waals surface area contributed by atoms with E-state index in [1.165, 1.54) is 23.7 Å². The first-order valence-electron chi connectivity index (χ1n) is 6.87. The van der Waals surface area contributed by atoms with Gasteiger partial charge >= 0.3 is 5.65 Å². The van der Waals surface area contributed by atoms with Crippen LogP contribution in [0.5, 0.6) is 0 Å². The first kappa shape index (κ1) is 10.7. The molecule has 0 aliphatic carbocycles. The molecular formula is C16H16N3+. The van der Waals surface area contributed by atoms with E-state index in [-0.39, 0.29) is 0 Å². The van der Waals surface area contributed by atoms with Crippen LogP contribution >= 0.6 is 0 Å². The summed E-state index contributed by atoms with van der Waals surface area (Å²) in [5, 5.41) is 1.24. The van der Waals surface area contributed by atoms with Crippen molar-refractivity contribution < 1.29 is 4.40 Å². The van der Waals surface area contributed by atoms with Gasteiger partial charge in [-0.2, -0.15) is 4.40 Å². The number of aromatic nitrogens is 2. The van der Waals surface area contributed by atoms with Crippen LogP contribution in [0.3, 0.4) is 0 Å². The van der Waals surface area contributed by atoms with Crippen LogP contribution in [0.25, 0.3) is 16.6 Å². The standard InChI is InChI=1S/C16H16N3/c1-2-8-14-13(7-1)16(18-10-5-6-11-18)17-15-9-3-4-12-19(14)15/h1-4,7-9,12H,5-6,10-11H2/q+1. The fourth-order valence-corrected chi connectivity index (χ4v) is 2.94. The Balaban J connectivity index is 2.09. The summed E-state index contributed by atoms with van der Waals surface area (Å²) in [4.78, 5) is 7.29. The van der Waals surface area contributed by atoms with Crippen LogP contribution in [0.4, 0.5) is 5.82 Å². The Morgan fingerprint density at radius 2 is 1.74 bits per heavy atom. The Hall–Kier alpha value is -2.16. The molecule has 1 aliphatic heterocycles. The normalized spacial score (nSPS) is 15.5. The molecule has 0 unspecified atom stereocenters. The van der Waals surface area contributed by atoms with Crippen molar-refractivity contribution in [2.75, 3.05) is 18.0 Å². The van der Waals surface area contributed by atoms with Crippen LogP contribution in [-0.4, -0.2) is 18.1 Å². The molecule has 2 aromatic heterocycles. The van der Waals surface area contributed by atoms with E-state index >= 15 is 0 Å². The number of fused-ring (bicyclic) bond motifs is 3. The lowest BCUT2D eigenvalue weighted by molar-refractivity contribution is -0.484. The van der Waals surface area contributed by atoms with Gasteiger partial charge in [-0.05, 0) is 36.0 Å². The highest BCUT2D eigenvalue weighted by Gasteiger charge is 2.23. The molecule has 0 amide bonds. The summed E-state index contributed by atoms with van der Waals surface area (Å²) in [6.07, 6.45) is 4.63. The van der Waals surface area contributed by atoms with Crippen molar-refractivity contribution >= 4 is 22.4 Å². The van der Waals surface area contributed by atoms with Gasteiger partial charge in [0, 0.05) is 19.2 Å². The topological polar surface area (TPSA) is 20.2 Å². The van der Waals surface area contributed by atoms with E-state index in [1.54, 1.807) is 0 Å². The number of rotatable bonds is 1. The maximum Gasteiger partial charge on any atom is 0.330 e. The Bertz CT molecular complexity index is 745. The van der Waals surface area contributed by atoms with Crippen LogP contribution in [0, 0.1) is 0 Å². The third-order valence-corrected chi connectivity index (χ3v) is 3.87. The van der Waals surface area contributed by atoms with Gasteiger partial charge in [0.1, 0.15) is 5.52 Å². The Morgan fingerprint density at radius 3 is 2.63 bits per heavy atom. The van der Waals surface area contributed by atoms with E-state index in [0.29, 0.717) is 0 Å². The molecule has 94 valence electrons. The summed E-state index contributed by atoms with van der Waals surface area (Å²) < 4.78 is 2.16. The third kappa shape index (κ3) is 1.65. The summed E-state index contributed by atoms with van der Waals surface area (Å²) in [6.45, 7) is 2.25. The monoisotopic (exact) mass is 250 g/mol. The van der Waals surface area contributed by atoms with Gasteiger partial charge in [-0.3, -0.25) is 0 Å². The highest BCUT2D eigenvalue weighted by atomic mass is 15.2. The van der Waals surface area contributed by atoms with Gasteiger partial charge in [-0.25, -0.2) is 0 Å². The Kier molecular flexibility index (Phi) is 2.37. The van der Waals surface area contributed by atoms with Gasteiger partial charge < -0.3 is 4.90 Å². The Morgan fingerprint density at radius 1 is 0.947 bits per heavy atom. The second-order valence-corrected chi connectivity index (χ2v) is 5.08. The minimum absolute atomic E-state index is 1.02. The molecule has 0 radical (unpaired) electrons. The highest BCUT2D eigenvalue weighted by molar-refractivity contribution is 5.88. The first-order chi connectivity index (χ1) is 9.43. The molecule has 0 N–H and O–H groups in total. The predicted octanol–water partition coefficient (Wildman–Crippen LogP) is 2.57. The maximum absolute atomic E-state index is 4.87. The van der Waals surface area contributed by atoms with Crippen LogP contribution in [0.15, 0.2) is 48.7 Å². The summed E-state index contributed by atoms with van der Waals surface area (Å²) in [6, 6.07) is 14.7. The zero-order chi connectivity index (χ0) is 12.7. The number of para-hydroxylation sites is 1. The van der Waals surface area contributed by atoms with E-state index in [1.807, 2.05) is 6.07 Å². The molecule has 3 heterocycles. The number of hydrogen-bond acceptors (Lipinski definition) is 2. The predicted molar refractivity (Wildman–Crippen MR) is 76.4 cm³/mol. The molecule has 3 aromatic rings. The van der Waals surface area contributed by atoms with E-state index in [9.17, 15) is 0 Å². The van der Waals surface area contributed by atoms with Gasteiger partial charge in [-0.1, -0.05) is 18.2 Å². The lowest BCUT2D eigenvalue weighted by atomic mass is 10.2. The zero-order valence-corrected chi connectivity index (χ0v) is 10.8. The number of hydrogen-bond donors (Lipinski definition) is 0. The molecule has 19 heavy (non-hydrogen) atoms. The summed E-state index contributed by atoms with van der Waals surface area (Å²) in [7, 11) is 0. The van der Waals surface area contributed by atoms with Gasteiger partial charge in [0.05, 0.1) is 11.6 Å². The van der Waals surface area contributed by atoms with Gasteiger partial charge in [0.15, 0.2) is 0 Å². The van der Waals surface area contributed by atoms with E-state index in [2.05, 4.69) is 51.9 Å². The smallest absolute Gasteiger partial charge is 0.330 e. The summed E-state index contributed by atoms with van der Waals surface area (Å²) in [5.41, 5.74) is 2.25. The van der Waals surface area contributed by atoms with Gasteiger partial charge in [0.2, 0.25) is 0 Å². The number of pyridine rings is 1. The zero-order valence-electron chi connectivity index (χ0n) is 10.8. The molecule has 0 saturated carbocycles. The largest absolute Gasteiger partial charge is 0.335 e. The van der Waals surface area contributed by atoms with Crippen LogP contribution in [0.1, 0.15) is 12.8 Å². The summed E-state index contributed by atoms with van der Waals surface area (Å²) in [5.74, 6) is 1.14. The molecule has 1 fully saturated rings. The molecule has 3 nitrogen and oxygen atoms in total. The third-order valence-electron chi connectivity index (χ3n) is 3.87. The summed E-state index contributed by atoms with van der Waals surface area (Å²) >= 11 is 0. The van der Waals surface area contributed by atoms with E-state index in [4.69, 9.17) is 4.98 Å². The molecule has 0 bridgehead atoms. The average molecular weight is 250 g/mol. The second kappa shape index (κ2) is 4.19. The quantitative estimate of drug-likeness (QED) is 0.488. The van der Waals surface area contributed by atoms with Crippen molar-refractivity contribution in [2.24, 2.45) is 0 Å². The van der Waals surface area contributed by atoms with Crippen molar-refractivity contribution in [2.45, 2.75) is 12.8 Å². The molecule has 1 saturated heterocycles. The van der Waals surface area contributed by atoms with Gasteiger partial charge in [0.25, 0.3) is 5.82 Å². The van der Waals surface area contributed by atoms with E-state index < -0.39 is 0 Å². The SMILES string of the molecule is c1ccc2c(c1)c(N1CCCC1)nc1cccc[n+]12. The van der Waals surface area contributed by atoms with Crippen LogP contribution in [0.2, 0.25) is 0 Å². The van der Waals surface area contributed by atoms with Crippen molar-refractivity contribution in [1.82, 2.24) is 4.98 Å². The van der Waals surface area contributed by atoms with Crippen molar-refractivity contribution in [1.29, 1.82) is 0 Å². The first-order valence-corrected chi connectivity index (χ1v) is 6.87. The van der Waals surface area contributed by atoms with E-state index in [0.717, 1.165) is 24.6 Å². The van der Waals surface area contributed by atoms with Crippen molar-refractivity contribution in [3.05, 3.63) is 48.7 Å². The fraction of sp³-hybridized carbons (Fsp3) is 0.250.